The zero-order chi connectivity index (χ0) is 16.1. The standard InChI is InChI=1S/C19H21ClN2O/c20-17-8-6-15(7-9-17)10-13-22-12-3-4-16(14-22)19(23)18-5-1-2-11-21-18/h1-2,5-9,11,16H,3-4,10,12-14H2. The number of nitrogens with zero attached hydrogens (tertiary/aromatic N) is 2. The first kappa shape index (κ1) is 16.2. The topological polar surface area (TPSA) is 33.2 Å². The molecule has 2 aromatic rings. The predicted molar refractivity (Wildman–Crippen MR) is 92.9 cm³/mol. The molecule has 0 N–H and O–H groups in total. The van der Waals surface area contributed by atoms with Gasteiger partial charge in [-0.15, -0.1) is 0 Å². The van der Waals surface area contributed by atoms with Crippen LogP contribution in [0.15, 0.2) is 48.7 Å². The number of likely N-dealkylation sites (tertiary alicyclic amines) is 1. The van der Waals surface area contributed by atoms with E-state index in [0.29, 0.717) is 5.69 Å². The predicted octanol–water partition coefficient (Wildman–Crippen LogP) is 3.87. The van der Waals surface area contributed by atoms with Crippen LogP contribution in [-0.4, -0.2) is 35.3 Å². The fourth-order valence-electron chi connectivity index (χ4n) is 3.13. The van der Waals surface area contributed by atoms with Crippen molar-refractivity contribution < 1.29 is 4.79 Å². The highest BCUT2D eigenvalue weighted by molar-refractivity contribution is 6.30. The second kappa shape index (κ2) is 7.71. The van der Waals surface area contributed by atoms with Gasteiger partial charge in [0.25, 0.3) is 0 Å². The number of hydrogen-bond acceptors (Lipinski definition) is 3. The van der Waals surface area contributed by atoms with E-state index in [1.165, 1.54) is 5.56 Å². The lowest BCUT2D eigenvalue weighted by molar-refractivity contribution is 0.0816. The highest BCUT2D eigenvalue weighted by Gasteiger charge is 2.26. The molecule has 1 unspecified atom stereocenters. The van der Waals surface area contributed by atoms with Crippen LogP contribution < -0.4 is 0 Å². The molecule has 1 fully saturated rings. The Hall–Kier alpha value is -1.71. The van der Waals surface area contributed by atoms with Crippen LogP contribution in [0.25, 0.3) is 0 Å². The molecule has 1 aromatic heterocycles. The van der Waals surface area contributed by atoms with Crippen molar-refractivity contribution in [1.29, 1.82) is 0 Å². The van der Waals surface area contributed by atoms with Crippen LogP contribution in [0.3, 0.4) is 0 Å². The van der Waals surface area contributed by atoms with E-state index in [4.69, 9.17) is 11.6 Å². The van der Waals surface area contributed by atoms with Crippen molar-refractivity contribution in [2.45, 2.75) is 19.3 Å². The molecule has 0 saturated carbocycles. The number of rotatable bonds is 5. The van der Waals surface area contributed by atoms with Gasteiger partial charge in [0.2, 0.25) is 0 Å². The van der Waals surface area contributed by atoms with Gasteiger partial charge in [0.15, 0.2) is 5.78 Å². The van der Waals surface area contributed by atoms with E-state index < -0.39 is 0 Å². The van der Waals surface area contributed by atoms with Crippen molar-refractivity contribution in [2.75, 3.05) is 19.6 Å². The Bertz CT molecular complexity index is 642. The van der Waals surface area contributed by atoms with Gasteiger partial charge in [0, 0.05) is 30.2 Å². The number of ketones is 1. The number of hydrogen-bond donors (Lipinski definition) is 0. The number of piperidine rings is 1. The third-order valence-corrected chi connectivity index (χ3v) is 4.68. The molecule has 4 heteroatoms. The number of aromatic nitrogens is 1. The largest absolute Gasteiger partial charge is 0.302 e. The summed E-state index contributed by atoms with van der Waals surface area (Å²) < 4.78 is 0. The number of Topliss-reactive ketones (excluding diaryl/α,β-unsaturated/α-hetero) is 1. The Labute approximate surface area is 142 Å². The minimum absolute atomic E-state index is 0.0730. The van der Waals surface area contributed by atoms with Crippen LogP contribution in [0.1, 0.15) is 28.9 Å². The number of benzene rings is 1. The van der Waals surface area contributed by atoms with Crippen LogP contribution in [-0.2, 0) is 6.42 Å². The average Bonchev–Trinajstić information content (AvgIpc) is 2.61. The summed E-state index contributed by atoms with van der Waals surface area (Å²) in [6.45, 7) is 2.89. The van der Waals surface area contributed by atoms with Crippen molar-refractivity contribution in [2.24, 2.45) is 5.92 Å². The van der Waals surface area contributed by atoms with Gasteiger partial charge in [-0.1, -0.05) is 29.8 Å². The van der Waals surface area contributed by atoms with Crippen molar-refractivity contribution in [3.63, 3.8) is 0 Å². The molecule has 0 bridgehead atoms. The molecule has 1 atom stereocenters. The van der Waals surface area contributed by atoms with E-state index in [9.17, 15) is 4.79 Å². The van der Waals surface area contributed by atoms with Crippen LogP contribution in [0.2, 0.25) is 5.02 Å². The Morgan fingerprint density at radius 2 is 2.04 bits per heavy atom. The molecule has 2 heterocycles. The van der Waals surface area contributed by atoms with E-state index >= 15 is 0 Å². The summed E-state index contributed by atoms with van der Waals surface area (Å²) in [5.74, 6) is 0.255. The quantitative estimate of drug-likeness (QED) is 0.781. The first-order valence-corrected chi connectivity index (χ1v) is 8.52. The third-order valence-electron chi connectivity index (χ3n) is 4.42. The number of pyridine rings is 1. The van der Waals surface area contributed by atoms with E-state index in [-0.39, 0.29) is 11.7 Å². The van der Waals surface area contributed by atoms with Crippen molar-refractivity contribution in [3.8, 4) is 0 Å². The zero-order valence-corrected chi connectivity index (χ0v) is 13.9. The normalized spacial score (nSPS) is 18.7. The Balaban J connectivity index is 1.56. The molecule has 1 aliphatic rings. The van der Waals surface area contributed by atoms with E-state index in [1.54, 1.807) is 6.20 Å². The van der Waals surface area contributed by atoms with Crippen LogP contribution in [0, 0.1) is 5.92 Å². The van der Waals surface area contributed by atoms with Crippen molar-refractivity contribution >= 4 is 17.4 Å². The molecule has 0 amide bonds. The molecule has 120 valence electrons. The zero-order valence-electron chi connectivity index (χ0n) is 13.1. The molecule has 1 aromatic carbocycles. The molecule has 1 aliphatic heterocycles. The minimum atomic E-state index is 0.0730. The van der Waals surface area contributed by atoms with Crippen molar-refractivity contribution in [3.05, 3.63) is 64.9 Å². The second-order valence-corrected chi connectivity index (χ2v) is 6.53. The summed E-state index contributed by atoms with van der Waals surface area (Å²) in [4.78, 5) is 19.1. The first-order valence-electron chi connectivity index (χ1n) is 8.14. The summed E-state index contributed by atoms with van der Waals surface area (Å²) in [6, 6.07) is 13.5. The lowest BCUT2D eigenvalue weighted by Crippen LogP contribution is -2.39. The average molecular weight is 329 g/mol. The summed E-state index contributed by atoms with van der Waals surface area (Å²) >= 11 is 5.92. The van der Waals surface area contributed by atoms with Gasteiger partial charge in [-0.05, 0) is 55.6 Å². The molecular weight excluding hydrogens is 308 g/mol. The van der Waals surface area contributed by atoms with E-state index in [2.05, 4.69) is 22.0 Å². The highest BCUT2D eigenvalue weighted by Crippen LogP contribution is 2.20. The second-order valence-electron chi connectivity index (χ2n) is 6.10. The minimum Gasteiger partial charge on any atom is -0.302 e. The third kappa shape index (κ3) is 4.40. The first-order chi connectivity index (χ1) is 11.2. The Kier molecular flexibility index (Phi) is 5.42. The molecule has 0 radical (unpaired) electrons. The van der Waals surface area contributed by atoms with Crippen molar-refractivity contribution in [1.82, 2.24) is 9.88 Å². The maximum atomic E-state index is 12.6. The maximum Gasteiger partial charge on any atom is 0.185 e. The van der Waals surface area contributed by atoms with E-state index in [1.807, 2.05) is 30.3 Å². The Morgan fingerprint density at radius 1 is 1.22 bits per heavy atom. The molecule has 1 saturated heterocycles. The van der Waals surface area contributed by atoms with Crippen LogP contribution >= 0.6 is 11.6 Å². The summed E-state index contributed by atoms with van der Waals surface area (Å²) in [5.41, 5.74) is 1.88. The molecular formula is C19H21ClN2O. The molecule has 3 nitrogen and oxygen atoms in total. The lowest BCUT2D eigenvalue weighted by atomic mass is 9.91. The monoisotopic (exact) mass is 328 g/mol. The van der Waals surface area contributed by atoms with Gasteiger partial charge < -0.3 is 4.90 Å². The van der Waals surface area contributed by atoms with Gasteiger partial charge in [-0.3, -0.25) is 9.78 Å². The SMILES string of the molecule is O=C(c1ccccn1)C1CCCN(CCc2ccc(Cl)cc2)C1. The number of halogens is 1. The fraction of sp³-hybridized carbons (Fsp3) is 0.368. The molecule has 0 spiro atoms. The Morgan fingerprint density at radius 3 is 2.78 bits per heavy atom. The summed E-state index contributed by atoms with van der Waals surface area (Å²) in [5, 5.41) is 0.771. The highest BCUT2D eigenvalue weighted by atomic mass is 35.5. The number of carbonyl (C=O) groups excluding carboxylic acids is 1. The van der Waals surface area contributed by atoms with Gasteiger partial charge in [0.1, 0.15) is 5.69 Å². The van der Waals surface area contributed by atoms with Gasteiger partial charge in [-0.2, -0.15) is 0 Å². The maximum absolute atomic E-state index is 12.6. The van der Waals surface area contributed by atoms with Gasteiger partial charge >= 0.3 is 0 Å². The molecule has 23 heavy (non-hydrogen) atoms. The van der Waals surface area contributed by atoms with Gasteiger partial charge in [-0.25, -0.2) is 0 Å². The van der Waals surface area contributed by atoms with E-state index in [0.717, 1.165) is 43.9 Å². The summed E-state index contributed by atoms with van der Waals surface area (Å²) in [6.07, 6.45) is 4.72. The van der Waals surface area contributed by atoms with Crippen LogP contribution in [0.5, 0.6) is 0 Å². The fourth-order valence-corrected chi connectivity index (χ4v) is 3.25. The molecule has 0 aliphatic carbocycles. The lowest BCUT2D eigenvalue weighted by Gasteiger charge is -2.31. The number of carbonyl (C=O) groups is 1. The van der Waals surface area contributed by atoms with Gasteiger partial charge in [0.05, 0.1) is 0 Å². The molecule has 3 rings (SSSR count). The summed E-state index contributed by atoms with van der Waals surface area (Å²) in [7, 11) is 0. The smallest absolute Gasteiger partial charge is 0.185 e. The van der Waals surface area contributed by atoms with Crippen LogP contribution in [0.4, 0.5) is 0 Å².